The van der Waals surface area contributed by atoms with Crippen LogP contribution in [0.2, 0.25) is 10.0 Å². The fourth-order valence-electron chi connectivity index (χ4n) is 4.69. The summed E-state index contributed by atoms with van der Waals surface area (Å²) in [6.07, 6.45) is -4.81. The molecule has 6 aromatic rings. The molecule has 0 bridgehead atoms. The van der Waals surface area contributed by atoms with Gasteiger partial charge in [0.1, 0.15) is 5.75 Å². The second-order valence-electron chi connectivity index (χ2n) is 9.77. The number of nitrogens with one attached hydrogen (secondary N) is 2. The molecule has 0 aliphatic carbocycles. The normalized spacial score (nSPS) is 12.1. The Balaban J connectivity index is 1.45. The number of aromatic amines is 1. The molecule has 0 spiro atoms. The molecule has 15 heteroatoms. The summed E-state index contributed by atoms with van der Waals surface area (Å²) in [5.41, 5.74) is 4.52. The number of imidazole rings is 1. The Morgan fingerprint density at radius 1 is 0.867 bits per heavy atom. The number of anilines is 1. The number of rotatable bonds is 8. The summed E-state index contributed by atoms with van der Waals surface area (Å²) in [5.74, 6) is -0.644. The number of ether oxygens (including phenoxy) is 1. The van der Waals surface area contributed by atoms with Crippen molar-refractivity contribution >= 4 is 51.8 Å². The number of alkyl halides is 3. The van der Waals surface area contributed by atoms with Gasteiger partial charge in [-0.3, -0.25) is 10.1 Å². The lowest BCUT2D eigenvalue weighted by Gasteiger charge is -2.10. The molecule has 0 unspecified atom stereocenters. The fourth-order valence-corrected chi connectivity index (χ4v) is 5.01. The zero-order chi connectivity index (χ0) is 31.6. The molecule has 45 heavy (non-hydrogen) atoms. The molecule has 2 N–H and O–H groups in total. The summed E-state index contributed by atoms with van der Waals surface area (Å²) in [7, 11) is 0. The van der Waals surface area contributed by atoms with Gasteiger partial charge < -0.3 is 13.9 Å². The maximum atomic E-state index is 12.7. The summed E-state index contributed by atoms with van der Waals surface area (Å²) < 4.78 is 46.1. The number of hydrogen-bond donors (Lipinski definition) is 2. The molecule has 0 radical (unpaired) electrons. The predicted octanol–water partition coefficient (Wildman–Crippen LogP) is 6.74. The molecule has 228 valence electrons. The van der Waals surface area contributed by atoms with Crippen LogP contribution in [0.5, 0.6) is 5.75 Å². The Bertz CT molecular complexity index is 2030. The van der Waals surface area contributed by atoms with E-state index < -0.39 is 12.3 Å². The highest BCUT2D eigenvalue weighted by molar-refractivity contribution is 6.42. The molecule has 10 nitrogen and oxygen atoms in total. The molecular formula is C30H21Cl2F3N8O2. The SMILES string of the molecule is O=C(Nc1nnn[nH]1)c1ccc(Cn2c(=Nc3ccc(OC(F)(F)F)cc3)n(Cc3ccccc3)c3cc(Cl)c(Cl)cc32)cc1. The minimum Gasteiger partial charge on any atom is -0.406 e. The van der Waals surface area contributed by atoms with E-state index in [1.165, 1.54) is 24.3 Å². The smallest absolute Gasteiger partial charge is 0.406 e. The Morgan fingerprint density at radius 3 is 2.02 bits per heavy atom. The number of hydrogen-bond acceptors (Lipinski definition) is 6. The van der Waals surface area contributed by atoms with Crippen LogP contribution >= 0.6 is 23.2 Å². The van der Waals surface area contributed by atoms with Gasteiger partial charge in [-0.05, 0) is 70.1 Å². The van der Waals surface area contributed by atoms with Gasteiger partial charge in [-0.15, -0.1) is 13.2 Å². The molecule has 2 aromatic heterocycles. The fraction of sp³-hybridized carbons (Fsp3) is 0.100. The molecule has 0 aliphatic rings. The maximum Gasteiger partial charge on any atom is 0.573 e. The molecule has 0 fully saturated rings. The summed E-state index contributed by atoms with van der Waals surface area (Å²) in [4.78, 5) is 17.5. The van der Waals surface area contributed by atoms with Gasteiger partial charge in [0.2, 0.25) is 11.6 Å². The van der Waals surface area contributed by atoms with Crippen LogP contribution in [0.4, 0.5) is 24.8 Å². The minimum atomic E-state index is -4.81. The Morgan fingerprint density at radius 2 is 1.47 bits per heavy atom. The lowest BCUT2D eigenvalue weighted by molar-refractivity contribution is -0.274. The van der Waals surface area contributed by atoms with Crippen molar-refractivity contribution in [1.29, 1.82) is 0 Å². The molecule has 0 atom stereocenters. The van der Waals surface area contributed by atoms with E-state index in [2.05, 4.69) is 30.7 Å². The molecular weight excluding hydrogens is 632 g/mol. The lowest BCUT2D eigenvalue weighted by Crippen LogP contribution is -2.27. The van der Waals surface area contributed by atoms with E-state index in [1.807, 2.05) is 39.5 Å². The number of tetrazole rings is 1. The number of fused-ring (bicyclic) bond motifs is 1. The summed E-state index contributed by atoms with van der Waals surface area (Å²) in [6.45, 7) is 0.713. The first kappa shape index (κ1) is 29.9. The van der Waals surface area contributed by atoms with Crippen molar-refractivity contribution in [1.82, 2.24) is 29.8 Å². The zero-order valence-corrected chi connectivity index (χ0v) is 24.5. The van der Waals surface area contributed by atoms with E-state index in [4.69, 9.17) is 28.2 Å². The first-order valence-corrected chi connectivity index (χ1v) is 14.0. The van der Waals surface area contributed by atoms with Crippen molar-refractivity contribution in [2.75, 3.05) is 5.32 Å². The van der Waals surface area contributed by atoms with Gasteiger partial charge in [-0.25, -0.2) is 10.1 Å². The van der Waals surface area contributed by atoms with E-state index in [0.717, 1.165) is 22.2 Å². The van der Waals surface area contributed by atoms with E-state index >= 15 is 0 Å². The standard InChI is InChI=1S/C30H21Cl2F3N8O2/c31-23-14-25-26(15-24(23)32)43(17-19-6-8-20(9-7-19)27(44)37-28-38-40-41-39-28)29(42(25)16-18-4-2-1-3-5-18)36-21-10-12-22(13-11-21)45-30(33,34)35/h1-15H,16-17H2,(H2,37,38,39,40,41,44). The number of amides is 1. The van der Waals surface area contributed by atoms with Crippen LogP contribution in [0.3, 0.4) is 0 Å². The number of H-pyrrole nitrogens is 1. The Labute approximate surface area is 262 Å². The van der Waals surface area contributed by atoms with Crippen LogP contribution < -0.4 is 15.7 Å². The van der Waals surface area contributed by atoms with E-state index in [1.54, 1.807) is 36.4 Å². The third-order valence-corrected chi connectivity index (χ3v) is 7.42. The van der Waals surface area contributed by atoms with Crippen molar-refractivity contribution in [2.24, 2.45) is 4.99 Å². The van der Waals surface area contributed by atoms with E-state index in [9.17, 15) is 18.0 Å². The summed E-state index contributed by atoms with van der Waals surface area (Å²) in [5, 5.41) is 16.2. The summed E-state index contributed by atoms with van der Waals surface area (Å²) in [6, 6.07) is 25.4. The van der Waals surface area contributed by atoms with Crippen LogP contribution in [-0.4, -0.2) is 42.0 Å². The van der Waals surface area contributed by atoms with Gasteiger partial charge >= 0.3 is 6.36 Å². The quantitative estimate of drug-likeness (QED) is 0.189. The van der Waals surface area contributed by atoms with Gasteiger partial charge in [-0.2, -0.15) is 0 Å². The van der Waals surface area contributed by atoms with Crippen molar-refractivity contribution in [3.8, 4) is 5.75 Å². The molecule has 0 saturated heterocycles. The number of aromatic nitrogens is 6. The first-order chi connectivity index (χ1) is 21.6. The zero-order valence-electron chi connectivity index (χ0n) is 23.0. The number of halogens is 5. The van der Waals surface area contributed by atoms with Gasteiger partial charge in [-0.1, -0.05) is 70.8 Å². The molecule has 2 heterocycles. The molecule has 6 rings (SSSR count). The largest absolute Gasteiger partial charge is 0.573 e. The monoisotopic (exact) mass is 652 g/mol. The first-order valence-electron chi connectivity index (χ1n) is 13.3. The third kappa shape index (κ3) is 7.00. The lowest BCUT2D eigenvalue weighted by atomic mass is 10.1. The van der Waals surface area contributed by atoms with Crippen molar-refractivity contribution in [3.05, 3.63) is 123 Å². The predicted molar refractivity (Wildman–Crippen MR) is 162 cm³/mol. The number of carbonyl (C=O) groups is 1. The maximum absolute atomic E-state index is 12.7. The summed E-state index contributed by atoms with van der Waals surface area (Å²) >= 11 is 12.9. The highest BCUT2D eigenvalue weighted by Gasteiger charge is 2.31. The molecule has 4 aromatic carbocycles. The minimum absolute atomic E-state index is 0.116. The second kappa shape index (κ2) is 12.5. The van der Waals surface area contributed by atoms with Crippen LogP contribution in [-0.2, 0) is 13.1 Å². The van der Waals surface area contributed by atoms with Crippen LogP contribution in [0.25, 0.3) is 11.0 Å². The van der Waals surface area contributed by atoms with E-state index in [-0.39, 0.29) is 11.7 Å². The Kier molecular flexibility index (Phi) is 8.28. The van der Waals surface area contributed by atoms with Crippen molar-refractivity contribution < 1.29 is 22.7 Å². The van der Waals surface area contributed by atoms with Crippen LogP contribution in [0.1, 0.15) is 21.5 Å². The van der Waals surface area contributed by atoms with E-state index in [0.29, 0.717) is 40.0 Å². The molecule has 0 aliphatic heterocycles. The number of carbonyl (C=O) groups excluding carboxylic acids is 1. The number of benzene rings is 4. The van der Waals surface area contributed by atoms with Gasteiger partial charge in [0.05, 0.1) is 39.9 Å². The highest BCUT2D eigenvalue weighted by Crippen LogP contribution is 2.29. The second-order valence-corrected chi connectivity index (χ2v) is 10.6. The molecule has 0 saturated carbocycles. The Hall–Kier alpha value is -5.14. The van der Waals surface area contributed by atoms with Crippen LogP contribution in [0, 0.1) is 0 Å². The molecule has 1 amide bonds. The number of nitrogens with zero attached hydrogens (tertiary/aromatic N) is 6. The highest BCUT2D eigenvalue weighted by atomic mass is 35.5. The van der Waals surface area contributed by atoms with Gasteiger partial charge in [0, 0.05) is 5.56 Å². The van der Waals surface area contributed by atoms with Gasteiger partial charge in [0.25, 0.3) is 5.91 Å². The third-order valence-electron chi connectivity index (χ3n) is 6.70. The van der Waals surface area contributed by atoms with Crippen molar-refractivity contribution in [2.45, 2.75) is 19.5 Å². The van der Waals surface area contributed by atoms with Crippen LogP contribution in [0.15, 0.2) is 96.0 Å². The average Bonchev–Trinajstić information content (AvgIpc) is 3.61. The average molecular weight is 653 g/mol. The topological polar surface area (TPSA) is 115 Å². The van der Waals surface area contributed by atoms with Crippen molar-refractivity contribution in [3.63, 3.8) is 0 Å². The van der Waals surface area contributed by atoms with Gasteiger partial charge in [0.15, 0.2) is 0 Å².